The first-order valence-corrected chi connectivity index (χ1v) is 6.33. The van der Waals surface area contributed by atoms with Crippen LogP contribution in [0.1, 0.15) is 13.8 Å². The fourth-order valence-corrected chi connectivity index (χ4v) is 0.448. The molecule has 1 amide bonds. The molecule has 0 heterocycles. The van der Waals surface area contributed by atoms with Crippen molar-refractivity contribution in [3.8, 4) is 0 Å². The lowest BCUT2D eigenvalue weighted by molar-refractivity contribution is 0.153. The Kier molecular flexibility index (Phi) is 12.0. The molecule has 0 aromatic heterocycles. The van der Waals surface area contributed by atoms with Crippen LogP contribution < -0.4 is 5.32 Å². The van der Waals surface area contributed by atoms with Crippen molar-refractivity contribution in [3.05, 3.63) is 0 Å². The third-order valence-electron chi connectivity index (χ3n) is 1.23. The van der Waals surface area contributed by atoms with E-state index in [1.807, 2.05) is 20.1 Å². The van der Waals surface area contributed by atoms with Gasteiger partial charge >= 0.3 is 6.09 Å². The minimum absolute atomic E-state index is 0.103. The highest BCUT2D eigenvalue weighted by Gasteiger charge is 2.12. The molecule has 7 heteroatoms. The Morgan fingerprint density at radius 3 is 2.40 bits per heavy atom. The molecule has 4 nitrogen and oxygen atoms in total. The van der Waals surface area contributed by atoms with E-state index in [1.165, 1.54) is 7.05 Å². The summed E-state index contributed by atoms with van der Waals surface area (Å²) in [7, 11) is 1.48. The summed E-state index contributed by atoms with van der Waals surface area (Å²) in [5.41, 5.74) is 0. The molecule has 0 unspecified atom stereocenters. The second kappa shape index (κ2) is 10.4. The van der Waals surface area contributed by atoms with E-state index >= 15 is 0 Å². The van der Waals surface area contributed by atoms with Crippen LogP contribution in [0.3, 0.4) is 0 Å². The summed E-state index contributed by atoms with van der Waals surface area (Å²) in [6.07, 6.45) is 3.00. The van der Waals surface area contributed by atoms with E-state index in [-0.39, 0.29) is 10.1 Å². The van der Waals surface area contributed by atoms with E-state index < -0.39 is 6.09 Å². The summed E-state index contributed by atoms with van der Waals surface area (Å²) in [4.78, 5) is 15.0. The maximum atomic E-state index is 10.5. The lowest BCUT2D eigenvalue weighted by Crippen LogP contribution is -2.19. The van der Waals surface area contributed by atoms with Gasteiger partial charge in [0.25, 0.3) is 0 Å². The number of halogens is 2. The zero-order valence-corrected chi connectivity index (χ0v) is 11.5. The predicted octanol–water partition coefficient (Wildman–Crippen LogP) is 2.89. The summed E-state index contributed by atoms with van der Waals surface area (Å²) >= 11 is 11.2. The van der Waals surface area contributed by atoms with E-state index in [2.05, 4.69) is 15.3 Å². The fourth-order valence-electron chi connectivity index (χ4n) is 0.299. The van der Waals surface area contributed by atoms with Gasteiger partial charge in [0.1, 0.15) is 0 Å². The fraction of sp³-hybridized carbons (Fsp3) is 0.750. The molecule has 0 spiro atoms. The molecule has 0 aromatic carbocycles. The van der Waals surface area contributed by atoms with Crippen molar-refractivity contribution in [1.82, 2.24) is 5.32 Å². The molecule has 0 aliphatic rings. The number of amides is 1. The van der Waals surface area contributed by atoms with E-state index in [4.69, 9.17) is 23.2 Å². The van der Waals surface area contributed by atoms with Gasteiger partial charge in [0.2, 0.25) is 0 Å². The molecule has 0 bridgehead atoms. The van der Waals surface area contributed by atoms with Crippen LogP contribution in [0.2, 0.25) is 0 Å². The van der Waals surface area contributed by atoms with Gasteiger partial charge in [-0.1, -0.05) is 5.16 Å². The van der Waals surface area contributed by atoms with Gasteiger partial charge in [-0.2, -0.15) is 11.8 Å². The van der Waals surface area contributed by atoms with Gasteiger partial charge in [-0.25, -0.2) is 4.79 Å². The SMILES string of the molecule is CNC(=O)O/N=C/C(C)(C)SC.ClCCl. The van der Waals surface area contributed by atoms with Gasteiger partial charge in [-0.15, -0.1) is 23.2 Å². The molecule has 0 aliphatic heterocycles. The van der Waals surface area contributed by atoms with Gasteiger partial charge in [0, 0.05) is 11.8 Å². The molecule has 0 radical (unpaired) electrons. The Bertz CT molecular complexity index is 201. The van der Waals surface area contributed by atoms with Crippen molar-refractivity contribution in [2.24, 2.45) is 5.16 Å². The van der Waals surface area contributed by atoms with Crippen molar-refractivity contribution in [3.63, 3.8) is 0 Å². The summed E-state index contributed by atoms with van der Waals surface area (Å²) in [6.45, 7) is 3.96. The number of rotatable bonds is 3. The minimum atomic E-state index is -0.553. The van der Waals surface area contributed by atoms with Crippen LogP contribution in [0, 0.1) is 0 Å². The number of alkyl halides is 2. The molecule has 0 atom stereocenters. The number of nitrogens with zero attached hydrogens (tertiary/aromatic N) is 1. The minimum Gasteiger partial charge on any atom is -0.323 e. The van der Waals surface area contributed by atoms with Crippen molar-refractivity contribution in [2.45, 2.75) is 18.6 Å². The maximum absolute atomic E-state index is 10.5. The van der Waals surface area contributed by atoms with Gasteiger partial charge in [-0.3, -0.25) is 4.84 Å². The number of hydrogen-bond acceptors (Lipinski definition) is 4. The van der Waals surface area contributed by atoms with Crippen LogP contribution in [0.25, 0.3) is 0 Å². The number of oxime groups is 1. The highest BCUT2D eigenvalue weighted by atomic mass is 35.5. The van der Waals surface area contributed by atoms with Crippen LogP contribution in [-0.2, 0) is 4.84 Å². The second-order valence-electron chi connectivity index (χ2n) is 2.77. The highest BCUT2D eigenvalue weighted by molar-refractivity contribution is 8.00. The average molecular weight is 275 g/mol. The van der Waals surface area contributed by atoms with E-state index in [0.717, 1.165) is 0 Å². The van der Waals surface area contributed by atoms with Crippen LogP contribution >= 0.6 is 35.0 Å². The third-order valence-corrected chi connectivity index (χ3v) is 2.39. The van der Waals surface area contributed by atoms with Crippen LogP contribution in [0.15, 0.2) is 5.16 Å². The third kappa shape index (κ3) is 13.9. The number of carbonyl (C=O) groups is 1. The zero-order chi connectivity index (χ0) is 12.3. The zero-order valence-electron chi connectivity index (χ0n) is 9.21. The van der Waals surface area contributed by atoms with E-state index in [0.29, 0.717) is 0 Å². The van der Waals surface area contributed by atoms with Gasteiger partial charge in [-0.05, 0) is 20.1 Å². The highest BCUT2D eigenvalue weighted by Crippen LogP contribution is 2.17. The molecular formula is C8H16Cl2N2O2S. The van der Waals surface area contributed by atoms with Crippen LogP contribution in [0.5, 0.6) is 0 Å². The lowest BCUT2D eigenvalue weighted by atomic mass is 10.2. The quantitative estimate of drug-likeness (QED) is 0.373. The first-order valence-electron chi connectivity index (χ1n) is 4.03. The second-order valence-corrected chi connectivity index (χ2v) is 5.04. The van der Waals surface area contributed by atoms with Gasteiger partial charge in [0.05, 0.1) is 11.6 Å². The molecule has 15 heavy (non-hydrogen) atoms. The summed E-state index contributed by atoms with van der Waals surface area (Å²) in [6, 6.07) is 0. The molecule has 0 rings (SSSR count). The summed E-state index contributed by atoms with van der Waals surface area (Å²) in [5.74, 6) is 0. The van der Waals surface area contributed by atoms with Crippen LogP contribution in [0.4, 0.5) is 4.79 Å². The van der Waals surface area contributed by atoms with Crippen LogP contribution in [-0.4, -0.2) is 35.7 Å². The van der Waals surface area contributed by atoms with Gasteiger partial charge in [0.15, 0.2) is 0 Å². The van der Waals surface area contributed by atoms with E-state index in [1.54, 1.807) is 18.0 Å². The number of thioether (sulfide) groups is 1. The molecule has 0 saturated carbocycles. The number of carbonyl (C=O) groups excluding carboxylic acids is 1. The Morgan fingerprint density at radius 1 is 1.60 bits per heavy atom. The average Bonchev–Trinajstić information content (AvgIpc) is 2.18. The topological polar surface area (TPSA) is 50.7 Å². The molecule has 0 aliphatic carbocycles. The standard InChI is InChI=1S/C7H14N2O2S.CH2Cl2/c1-7(2,12-4)5-9-11-6(10)8-3;2-1-3/h5H,1-4H3,(H,8,10);1H2/b9-5+;. The number of nitrogens with one attached hydrogen (secondary N) is 1. The smallest absolute Gasteiger partial charge is 0.323 e. The van der Waals surface area contributed by atoms with Crippen molar-refractivity contribution >= 4 is 47.3 Å². The largest absolute Gasteiger partial charge is 0.433 e. The molecule has 1 N–H and O–H groups in total. The molecule has 0 fully saturated rings. The molecule has 0 saturated heterocycles. The lowest BCUT2D eigenvalue weighted by Gasteiger charge is -2.13. The van der Waals surface area contributed by atoms with Crippen molar-refractivity contribution in [2.75, 3.05) is 18.6 Å². The Balaban J connectivity index is 0. The normalized spacial score (nSPS) is 10.5. The maximum Gasteiger partial charge on any atom is 0.433 e. The van der Waals surface area contributed by atoms with E-state index in [9.17, 15) is 4.79 Å². The molecule has 0 aromatic rings. The molecule has 90 valence electrons. The Labute approximate surface area is 105 Å². The van der Waals surface area contributed by atoms with Crippen molar-refractivity contribution < 1.29 is 9.63 Å². The number of hydrogen-bond donors (Lipinski definition) is 1. The summed E-state index contributed by atoms with van der Waals surface area (Å²) < 4.78 is -0.103. The summed E-state index contributed by atoms with van der Waals surface area (Å²) in [5, 5.41) is 6.01. The monoisotopic (exact) mass is 274 g/mol. The molecular weight excluding hydrogens is 259 g/mol. The van der Waals surface area contributed by atoms with Gasteiger partial charge < -0.3 is 5.32 Å². The predicted molar refractivity (Wildman–Crippen MR) is 68.2 cm³/mol. The van der Waals surface area contributed by atoms with Crippen molar-refractivity contribution in [1.29, 1.82) is 0 Å². The first kappa shape index (κ1) is 17.3. The Hall–Kier alpha value is -0.130. The first-order chi connectivity index (χ1) is 6.93. The Morgan fingerprint density at radius 2 is 2.07 bits per heavy atom.